The van der Waals surface area contributed by atoms with Crippen LogP contribution in [0.1, 0.15) is 82.1 Å². The standard InChI is InChI=1S/C23H46O4/c1-11-24-17-19(26-13-3)23(9,10)20(27-14-4)18(25-12-2)22(7,8)16-15-21(17,5)6/h17-20H,11-16H2,1-10H3. The van der Waals surface area contributed by atoms with Crippen molar-refractivity contribution in [1.29, 1.82) is 0 Å². The Kier molecular flexibility index (Phi) is 9.26. The van der Waals surface area contributed by atoms with Gasteiger partial charge < -0.3 is 18.9 Å². The first kappa shape index (κ1) is 24.9. The van der Waals surface area contributed by atoms with Crippen LogP contribution >= 0.6 is 0 Å². The third-order valence-corrected chi connectivity index (χ3v) is 6.36. The van der Waals surface area contributed by atoms with Crippen molar-refractivity contribution >= 4 is 0 Å². The summed E-state index contributed by atoms with van der Waals surface area (Å²) >= 11 is 0. The van der Waals surface area contributed by atoms with Crippen LogP contribution in [0, 0.1) is 16.2 Å². The third kappa shape index (κ3) is 5.68. The Labute approximate surface area is 168 Å². The Morgan fingerprint density at radius 3 is 1.04 bits per heavy atom. The number of ether oxygens (including phenoxy) is 4. The summed E-state index contributed by atoms with van der Waals surface area (Å²) < 4.78 is 25.5. The van der Waals surface area contributed by atoms with E-state index in [1.165, 1.54) is 0 Å². The average Bonchev–Trinajstić information content (AvgIpc) is 2.59. The molecule has 1 aliphatic rings. The lowest BCUT2D eigenvalue weighted by molar-refractivity contribution is -0.213. The largest absolute Gasteiger partial charge is 0.375 e. The maximum Gasteiger partial charge on any atom is 0.0918 e. The second kappa shape index (κ2) is 10.0. The summed E-state index contributed by atoms with van der Waals surface area (Å²) in [6.07, 6.45) is 2.02. The summed E-state index contributed by atoms with van der Waals surface area (Å²) in [5, 5.41) is 0. The van der Waals surface area contributed by atoms with Crippen molar-refractivity contribution in [1.82, 2.24) is 0 Å². The molecule has 1 fully saturated rings. The summed E-state index contributed by atoms with van der Waals surface area (Å²) in [5.41, 5.74) is -0.255. The van der Waals surface area contributed by atoms with Gasteiger partial charge in [-0.1, -0.05) is 41.5 Å². The van der Waals surface area contributed by atoms with Crippen LogP contribution in [-0.4, -0.2) is 50.8 Å². The number of hydrogen-bond donors (Lipinski definition) is 0. The lowest BCUT2D eigenvalue weighted by Gasteiger charge is -2.49. The molecule has 0 radical (unpaired) electrons. The molecule has 1 rings (SSSR count). The van der Waals surface area contributed by atoms with Gasteiger partial charge in [0.25, 0.3) is 0 Å². The maximum atomic E-state index is 6.40. The van der Waals surface area contributed by atoms with Crippen LogP contribution in [0.3, 0.4) is 0 Å². The topological polar surface area (TPSA) is 36.9 Å². The fraction of sp³-hybridized carbons (Fsp3) is 1.00. The van der Waals surface area contributed by atoms with E-state index in [9.17, 15) is 0 Å². The quantitative estimate of drug-likeness (QED) is 0.553. The van der Waals surface area contributed by atoms with E-state index in [1.807, 2.05) is 0 Å². The van der Waals surface area contributed by atoms with Gasteiger partial charge in [-0.15, -0.1) is 0 Å². The molecule has 27 heavy (non-hydrogen) atoms. The van der Waals surface area contributed by atoms with Crippen LogP contribution in [0.2, 0.25) is 0 Å². The van der Waals surface area contributed by atoms with Gasteiger partial charge in [-0.05, 0) is 51.4 Å². The second-order valence-electron chi connectivity index (χ2n) is 9.80. The molecule has 4 atom stereocenters. The highest BCUT2D eigenvalue weighted by Crippen LogP contribution is 2.49. The molecule has 0 heterocycles. The summed E-state index contributed by atoms with van der Waals surface area (Å²) in [7, 11) is 0. The van der Waals surface area contributed by atoms with E-state index in [0.29, 0.717) is 26.4 Å². The normalized spacial score (nSPS) is 33.1. The summed E-state index contributed by atoms with van der Waals surface area (Å²) in [4.78, 5) is 0. The van der Waals surface area contributed by atoms with Crippen LogP contribution in [0.15, 0.2) is 0 Å². The highest BCUT2D eigenvalue weighted by atomic mass is 16.6. The molecule has 0 amide bonds. The van der Waals surface area contributed by atoms with E-state index in [0.717, 1.165) is 12.8 Å². The predicted molar refractivity (Wildman–Crippen MR) is 112 cm³/mol. The first-order chi connectivity index (χ1) is 12.5. The van der Waals surface area contributed by atoms with Gasteiger partial charge in [0.1, 0.15) is 0 Å². The lowest BCUT2D eigenvalue weighted by atomic mass is 9.69. The average molecular weight is 387 g/mol. The van der Waals surface area contributed by atoms with Gasteiger partial charge in [-0.25, -0.2) is 0 Å². The summed E-state index contributed by atoms with van der Waals surface area (Å²) in [6.45, 7) is 24.8. The molecular formula is C23H46O4. The fourth-order valence-corrected chi connectivity index (χ4v) is 4.64. The Morgan fingerprint density at radius 2 is 0.778 bits per heavy atom. The van der Waals surface area contributed by atoms with Gasteiger partial charge in [0.15, 0.2) is 0 Å². The van der Waals surface area contributed by atoms with Crippen molar-refractivity contribution in [2.24, 2.45) is 16.2 Å². The van der Waals surface area contributed by atoms with E-state index in [1.54, 1.807) is 0 Å². The van der Waals surface area contributed by atoms with Gasteiger partial charge >= 0.3 is 0 Å². The molecule has 4 unspecified atom stereocenters. The highest BCUT2D eigenvalue weighted by Gasteiger charge is 2.55. The van der Waals surface area contributed by atoms with Crippen LogP contribution in [0.25, 0.3) is 0 Å². The first-order valence-corrected chi connectivity index (χ1v) is 11.0. The molecule has 0 N–H and O–H groups in total. The highest BCUT2D eigenvalue weighted by molar-refractivity contribution is 5.04. The zero-order chi connectivity index (χ0) is 20.9. The van der Waals surface area contributed by atoms with Crippen molar-refractivity contribution < 1.29 is 18.9 Å². The maximum absolute atomic E-state index is 6.40. The Bertz CT molecular complexity index is 392. The number of rotatable bonds is 8. The minimum atomic E-state index is -0.259. The van der Waals surface area contributed by atoms with Crippen molar-refractivity contribution in [3.8, 4) is 0 Å². The van der Waals surface area contributed by atoms with Crippen molar-refractivity contribution in [3.63, 3.8) is 0 Å². The third-order valence-electron chi connectivity index (χ3n) is 6.36. The monoisotopic (exact) mass is 386 g/mol. The Balaban J connectivity index is 3.57. The second-order valence-corrected chi connectivity index (χ2v) is 9.80. The van der Waals surface area contributed by atoms with Gasteiger partial charge in [0, 0.05) is 31.8 Å². The fourth-order valence-electron chi connectivity index (χ4n) is 4.64. The molecule has 0 saturated heterocycles. The minimum Gasteiger partial charge on any atom is -0.375 e. The lowest BCUT2D eigenvalue weighted by Crippen LogP contribution is -2.58. The molecule has 1 saturated carbocycles. The zero-order valence-electron chi connectivity index (χ0n) is 19.7. The van der Waals surface area contributed by atoms with Crippen LogP contribution in [-0.2, 0) is 18.9 Å². The molecule has 0 bridgehead atoms. The van der Waals surface area contributed by atoms with Crippen molar-refractivity contribution in [2.45, 2.75) is 106 Å². The minimum absolute atomic E-state index is 0.00224. The Hall–Kier alpha value is -0.160. The van der Waals surface area contributed by atoms with E-state index in [2.05, 4.69) is 69.2 Å². The Morgan fingerprint density at radius 1 is 0.519 bits per heavy atom. The molecule has 1 aliphatic carbocycles. The molecule has 0 aromatic carbocycles. The van der Waals surface area contributed by atoms with Gasteiger partial charge in [-0.2, -0.15) is 0 Å². The molecular weight excluding hydrogens is 340 g/mol. The molecule has 4 nitrogen and oxygen atoms in total. The van der Waals surface area contributed by atoms with Crippen LogP contribution < -0.4 is 0 Å². The molecule has 0 aromatic rings. The van der Waals surface area contributed by atoms with Gasteiger partial charge in [0.2, 0.25) is 0 Å². The van der Waals surface area contributed by atoms with E-state index in [-0.39, 0.29) is 40.7 Å². The van der Waals surface area contributed by atoms with E-state index in [4.69, 9.17) is 18.9 Å². The van der Waals surface area contributed by atoms with E-state index >= 15 is 0 Å². The predicted octanol–water partition coefficient (Wildman–Crippen LogP) is 5.48. The smallest absolute Gasteiger partial charge is 0.0918 e. The molecule has 0 aliphatic heterocycles. The first-order valence-electron chi connectivity index (χ1n) is 11.0. The van der Waals surface area contributed by atoms with Gasteiger partial charge in [-0.3, -0.25) is 0 Å². The van der Waals surface area contributed by atoms with E-state index < -0.39 is 0 Å². The molecule has 0 aromatic heterocycles. The summed E-state index contributed by atoms with van der Waals surface area (Å²) in [6, 6.07) is 0. The van der Waals surface area contributed by atoms with Crippen LogP contribution in [0.5, 0.6) is 0 Å². The SMILES string of the molecule is CCOC1C(OCC)C(C)(C)C(OCC)C(OCC)C(C)(C)CCC1(C)C. The molecule has 0 spiro atoms. The zero-order valence-corrected chi connectivity index (χ0v) is 19.7. The van der Waals surface area contributed by atoms with Crippen molar-refractivity contribution in [3.05, 3.63) is 0 Å². The van der Waals surface area contributed by atoms with Crippen molar-refractivity contribution in [2.75, 3.05) is 26.4 Å². The molecule has 162 valence electrons. The van der Waals surface area contributed by atoms with Gasteiger partial charge in [0.05, 0.1) is 24.4 Å². The van der Waals surface area contributed by atoms with Crippen LogP contribution in [0.4, 0.5) is 0 Å². The number of hydrogen-bond acceptors (Lipinski definition) is 4. The summed E-state index contributed by atoms with van der Waals surface area (Å²) in [5.74, 6) is 0. The molecule has 4 heteroatoms.